The number of amides is 2. The molecule has 1 aromatic rings. The third kappa shape index (κ3) is 3.01. The zero-order chi connectivity index (χ0) is 14.0. The van der Waals surface area contributed by atoms with E-state index in [1.807, 2.05) is 6.92 Å². The summed E-state index contributed by atoms with van der Waals surface area (Å²) in [5, 5.41) is 14.5. The van der Waals surface area contributed by atoms with Gasteiger partial charge in [-0.15, -0.1) is 0 Å². The van der Waals surface area contributed by atoms with E-state index in [1.165, 1.54) is 12.1 Å². The van der Waals surface area contributed by atoms with Crippen molar-refractivity contribution in [2.75, 3.05) is 5.32 Å². The number of hydrogen-bond donors (Lipinski definition) is 3. The van der Waals surface area contributed by atoms with Crippen molar-refractivity contribution >= 4 is 17.5 Å². The van der Waals surface area contributed by atoms with Crippen molar-refractivity contribution < 1.29 is 19.1 Å². The second-order valence-electron chi connectivity index (χ2n) is 4.79. The number of nitrogens with one attached hydrogen (secondary N) is 2. The van der Waals surface area contributed by atoms with Crippen molar-refractivity contribution in [2.45, 2.75) is 25.8 Å². The molecule has 19 heavy (non-hydrogen) atoms. The molecule has 0 bridgehead atoms. The first-order chi connectivity index (χ1) is 8.97. The van der Waals surface area contributed by atoms with Crippen LogP contribution in [0.1, 0.15) is 19.8 Å². The highest BCUT2D eigenvalue weighted by atomic mass is 19.1. The van der Waals surface area contributed by atoms with Gasteiger partial charge in [0.1, 0.15) is 6.04 Å². The van der Waals surface area contributed by atoms with Crippen LogP contribution in [0.5, 0.6) is 5.75 Å². The predicted octanol–water partition coefficient (Wildman–Crippen LogP) is 1.38. The molecule has 1 fully saturated rings. The second kappa shape index (κ2) is 5.26. The van der Waals surface area contributed by atoms with Gasteiger partial charge in [-0.3, -0.25) is 9.59 Å². The lowest BCUT2D eigenvalue weighted by molar-refractivity contribution is -0.129. The average molecular weight is 266 g/mol. The number of aromatic hydroxyl groups is 1. The molecule has 1 aromatic carbocycles. The highest BCUT2D eigenvalue weighted by molar-refractivity contribution is 5.98. The van der Waals surface area contributed by atoms with Crippen molar-refractivity contribution in [3.05, 3.63) is 24.0 Å². The van der Waals surface area contributed by atoms with Gasteiger partial charge in [0.05, 0.1) is 5.69 Å². The van der Waals surface area contributed by atoms with Gasteiger partial charge < -0.3 is 15.7 Å². The van der Waals surface area contributed by atoms with Gasteiger partial charge in [-0.1, -0.05) is 13.0 Å². The number of phenolic OH excluding ortho intramolecular Hbond substituents is 1. The summed E-state index contributed by atoms with van der Waals surface area (Å²) in [6, 6.07) is 3.21. The predicted molar refractivity (Wildman–Crippen MR) is 67.0 cm³/mol. The fourth-order valence-corrected chi connectivity index (χ4v) is 2.12. The number of hydrogen-bond acceptors (Lipinski definition) is 3. The van der Waals surface area contributed by atoms with Crippen molar-refractivity contribution in [1.29, 1.82) is 0 Å². The Labute approximate surface area is 109 Å². The molecular formula is C13H15FN2O3. The highest BCUT2D eigenvalue weighted by Crippen LogP contribution is 2.26. The lowest BCUT2D eigenvalue weighted by Crippen LogP contribution is -2.48. The summed E-state index contributed by atoms with van der Waals surface area (Å²) in [5.74, 6) is -1.93. The van der Waals surface area contributed by atoms with Crippen LogP contribution >= 0.6 is 0 Å². The molecule has 1 aliphatic heterocycles. The van der Waals surface area contributed by atoms with E-state index in [0.717, 1.165) is 6.07 Å². The van der Waals surface area contributed by atoms with Gasteiger partial charge in [0.25, 0.3) is 0 Å². The number of para-hydroxylation sites is 1. The zero-order valence-electron chi connectivity index (χ0n) is 10.4. The van der Waals surface area contributed by atoms with Crippen LogP contribution in [0.2, 0.25) is 0 Å². The molecule has 6 heteroatoms. The fraction of sp³-hybridized carbons (Fsp3) is 0.385. The van der Waals surface area contributed by atoms with E-state index in [-0.39, 0.29) is 17.5 Å². The molecule has 5 nitrogen and oxygen atoms in total. The van der Waals surface area contributed by atoms with Crippen LogP contribution in [-0.2, 0) is 9.59 Å². The lowest BCUT2D eigenvalue weighted by Gasteiger charge is -2.26. The summed E-state index contributed by atoms with van der Waals surface area (Å²) in [4.78, 5) is 23.3. The maximum absolute atomic E-state index is 13.1. The third-order valence-corrected chi connectivity index (χ3v) is 3.07. The van der Waals surface area contributed by atoms with Crippen LogP contribution in [-0.4, -0.2) is 23.0 Å². The van der Waals surface area contributed by atoms with E-state index in [4.69, 9.17) is 0 Å². The number of carbonyl (C=O) groups is 2. The Morgan fingerprint density at radius 1 is 1.53 bits per heavy atom. The molecule has 0 aliphatic carbocycles. The lowest BCUT2D eigenvalue weighted by atomic mass is 9.93. The van der Waals surface area contributed by atoms with Crippen molar-refractivity contribution in [2.24, 2.45) is 5.92 Å². The Kier molecular flexibility index (Phi) is 3.69. The van der Waals surface area contributed by atoms with Crippen LogP contribution in [0, 0.1) is 11.7 Å². The van der Waals surface area contributed by atoms with Gasteiger partial charge in [-0.2, -0.15) is 0 Å². The molecule has 1 saturated heterocycles. The minimum absolute atomic E-state index is 0.00234. The largest absolute Gasteiger partial charge is 0.503 e. The average Bonchev–Trinajstić information content (AvgIpc) is 2.33. The Hall–Kier alpha value is -2.11. The maximum atomic E-state index is 13.1. The SMILES string of the molecule is C[C@H]1CC(=O)N[C@@H](C(=O)Nc2cccc(F)c2O)C1. The molecule has 1 heterocycles. The summed E-state index contributed by atoms with van der Waals surface area (Å²) in [6.45, 7) is 1.89. The summed E-state index contributed by atoms with van der Waals surface area (Å²) in [5.41, 5.74) is -0.00234. The third-order valence-electron chi connectivity index (χ3n) is 3.07. The molecule has 0 unspecified atom stereocenters. The first kappa shape index (κ1) is 13.3. The molecule has 2 amide bonds. The van der Waals surface area contributed by atoms with Gasteiger partial charge in [0.2, 0.25) is 11.8 Å². The van der Waals surface area contributed by atoms with Crippen LogP contribution < -0.4 is 10.6 Å². The van der Waals surface area contributed by atoms with Crippen molar-refractivity contribution in [3.8, 4) is 5.75 Å². The molecule has 0 aromatic heterocycles. The molecule has 1 aliphatic rings. The summed E-state index contributed by atoms with van der Waals surface area (Å²) in [6.07, 6.45) is 0.919. The van der Waals surface area contributed by atoms with Gasteiger partial charge in [-0.05, 0) is 24.5 Å². The van der Waals surface area contributed by atoms with E-state index in [9.17, 15) is 19.1 Å². The normalized spacial score (nSPS) is 22.7. The van der Waals surface area contributed by atoms with Crippen LogP contribution in [0.3, 0.4) is 0 Å². The topological polar surface area (TPSA) is 78.4 Å². The highest BCUT2D eigenvalue weighted by Gasteiger charge is 2.29. The van der Waals surface area contributed by atoms with Crippen LogP contribution in [0.4, 0.5) is 10.1 Å². The fourth-order valence-electron chi connectivity index (χ4n) is 2.12. The first-order valence-corrected chi connectivity index (χ1v) is 6.05. The number of piperidine rings is 1. The summed E-state index contributed by atoms with van der Waals surface area (Å²) >= 11 is 0. The van der Waals surface area contributed by atoms with Gasteiger partial charge in [-0.25, -0.2) is 4.39 Å². The van der Waals surface area contributed by atoms with Crippen molar-refractivity contribution in [1.82, 2.24) is 5.32 Å². The monoisotopic (exact) mass is 266 g/mol. The molecule has 102 valence electrons. The standard InChI is InChI=1S/C13H15FN2O3/c1-7-5-10(15-11(17)6-7)13(19)16-9-4-2-3-8(14)12(9)18/h2-4,7,10,18H,5-6H2,1H3,(H,15,17)(H,16,19)/t7-,10-/m1/s1. The minimum Gasteiger partial charge on any atom is -0.503 e. The summed E-state index contributed by atoms with van der Waals surface area (Å²) < 4.78 is 13.1. The Bertz CT molecular complexity index is 519. The van der Waals surface area contributed by atoms with Gasteiger partial charge in [0.15, 0.2) is 11.6 Å². The van der Waals surface area contributed by atoms with Gasteiger partial charge in [0, 0.05) is 6.42 Å². The molecule has 2 rings (SSSR count). The number of anilines is 1. The summed E-state index contributed by atoms with van der Waals surface area (Å²) in [7, 11) is 0. The van der Waals surface area contributed by atoms with Crippen LogP contribution in [0.15, 0.2) is 18.2 Å². The number of phenols is 1. The number of benzene rings is 1. The molecule has 3 N–H and O–H groups in total. The Morgan fingerprint density at radius 2 is 2.26 bits per heavy atom. The molecule has 2 atom stereocenters. The van der Waals surface area contributed by atoms with Crippen LogP contribution in [0.25, 0.3) is 0 Å². The second-order valence-corrected chi connectivity index (χ2v) is 4.79. The van der Waals surface area contributed by atoms with Gasteiger partial charge >= 0.3 is 0 Å². The van der Waals surface area contributed by atoms with E-state index < -0.39 is 23.5 Å². The Balaban J connectivity index is 2.08. The van der Waals surface area contributed by atoms with E-state index in [2.05, 4.69) is 10.6 Å². The minimum atomic E-state index is -0.807. The molecular weight excluding hydrogens is 251 g/mol. The molecule has 0 radical (unpaired) electrons. The number of carbonyl (C=O) groups excluding carboxylic acids is 2. The number of rotatable bonds is 2. The van der Waals surface area contributed by atoms with E-state index >= 15 is 0 Å². The molecule has 0 spiro atoms. The van der Waals surface area contributed by atoms with Crippen molar-refractivity contribution in [3.63, 3.8) is 0 Å². The smallest absolute Gasteiger partial charge is 0.247 e. The molecule has 0 saturated carbocycles. The Morgan fingerprint density at radius 3 is 2.95 bits per heavy atom. The van der Waals surface area contributed by atoms with E-state index in [1.54, 1.807) is 0 Å². The van der Waals surface area contributed by atoms with E-state index in [0.29, 0.717) is 12.8 Å². The quantitative estimate of drug-likeness (QED) is 0.708. The zero-order valence-corrected chi connectivity index (χ0v) is 10.4. The number of halogens is 1. The maximum Gasteiger partial charge on any atom is 0.247 e. The first-order valence-electron chi connectivity index (χ1n) is 6.05.